The van der Waals surface area contributed by atoms with Crippen LogP contribution in [0.3, 0.4) is 0 Å². The van der Waals surface area contributed by atoms with E-state index in [1.807, 2.05) is 38.7 Å². The van der Waals surface area contributed by atoms with Crippen LogP contribution in [-0.2, 0) is 9.47 Å². The first kappa shape index (κ1) is 28.4. The third kappa shape index (κ3) is 6.53. The van der Waals surface area contributed by atoms with Crippen molar-refractivity contribution in [3.8, 4) is 11.5 Å². The SMILES string of the molecule is Cc1cc(-c2nc(C(=O)Nc3cc4oc(N5CCOCC5)nc4nc3NC3CCN(C(=O)OC(C)(C)C)C3)co2)ccn1. The van der Waals surface area contributed by atoms with E-state index >= 15 is 0 Å². The van der Waals surface area contributed by atoms with Gasteiger partial charge in [0.15, 0.2) is 17.1 Å². The van der Waals surface area contributed by atoms with Gasteiger partial charge in [0.25, 0.3) is 11.9 Å². The van der Waals surface area contributed by atoms with Crippen LogP contribution >= 0.6 is 0 Å². The van der Waals surface area contributed by atoms with Gasteiger partial charge < -0.3 is 38.7 Å². The fourth-order valence-corrected chi connectivity index (χ4v) is 4.89. The van der Waals surface area contributed by atoms with Crippen LogP contribution in [0, 0.1) is 6.92 Å². The average Bonchev–Trinajstić information content (AvgIpc) is 3.73. The van der Waals surface area contributed by atoms with Crippen molar-refractivity contribution in [2.45, 2.75) is 45.8 Å². The molecule has 1 unspecified atom stereocenters. The average molecular weight is 591 g/mol. The minimum atomic E-state index is -0.588. The molecule has 226 valence electrons. The Hall–Kier alpha value is -4.72. The van der Waals surface area contributed by atoms with Gasteiger partial charge in [0.05, 0.1) is 18.9 Å². The van der Waals surface area contributed by atoms with E-state index < -0.39 is 11.5 Å². The van der Waals surface area contributed by atoms with E-state index in [4.69, 9.17) is 23.3 Å². The molecule has 1 atom stereocenters. The minimum absolute atomic E-state index is 0.0963. The number of carbonyl (C=O) groups is 2. The number of likely N-dealkylation sites (tertiary alicyclic amines) is 1. The van der Waals surface area contributed by atoms with Crippen LogP contribution in [-0.4, -0.2) is 87.9 Å². The van der Waals surface area contributed by atoms with Crippen molar-refractivity contribution in [1.29, 1.82) is 0 Å². The van der Waals surface area contributed by atoms with Crippen LogP contribution in [0.4, 0.5) is 22.3 Å². The first-order valence-corrected chi connectivity index (χ1v) is 14.2. The van der Waals surface area contributed by atoms with Crippen molar-refractivity contribution in [2.75, 3.05) is 54.9 Å². The summed E-state index contributed by atoms with van der Waals surface area (Å²) >= 11 is 0. The lowest BCUT2D eigenvalue weighted by molar-refractivity contribution is 0.0293. The molecule has 14 heteroatoms. The number of ether oxygens (including phenoxy) is 2. The smallest absolute Gasteiger partial charge is 0.410 e. The zero-order valence-corrected chi connectivity index (χ0v) is 24.5. The Morgan fingerprint density at radius 3 is 2.67 bits per heavy atom. The molecule has 2 N–H and O–H groups in total. The molecule has 6 rings (SSSR count). The third-order valence-corrected chi connectivity index (χ3v) is 6.96. The van der Waals surface area contributed by atoms with E-state index in [-0.39, 0.29) is 17.8 Å². The summed E-state index contributed by atoms with van der Waals surface area (Å²) in [6, 6.07) is 5.58. The second kappa shape index (κ2) is 11.5. The normalized spacial score (nSPS) is 17.3. The molecule has 2 aliphatic heterocycles. The van der Waals surface area contributed by atoms with E-state index in [1.165, 1.54) is 6.26 Å². The number of aromatic nitrogens is 4. The summed E-state index contributed by atoms with van der Waals surface area (Å²) in [6.07, 6.45) is 3.26. The maximum absolute atomic E-state index is 13.3. The van der Waals surface area contributed by atoms with Crippen LogP contribution in [0.5, 0.6) is 0 Å². The molecule has 2 aliphatic rings. The lowest BCUT2D eigenvalue weighted by atomic mass is 10.2. The molecule has 4 aromatic heterocycles. The van der Waals surface area contributed by atoms with Gasteiger partial charge >= 0.3 is 6.09 Å². The second-order valence-electron chi connectivity index (χ2n) is 11.5. The molecule has 0 saturated carbocycles. The zero-order chi connectivity index (χ0) is 30.1. The highest BCUT2D eigenvalue weighted by atomic mass is 16.6. The number of aryl methyl sites for hydroxylation is 1. The highest BCUT2D eigenvalue weighted by Gasteiger charge is 2.31. The van der Waals surface area contributed by atoms with Crippen molar-refractivity contribution in [3.05, 3.63) is 42.0 Å². The molecule has 2 fully saturated rings. The summed E-state index contributed by atoms with van der Waals surface area (Å²) in [5.41, 5.74) is 2.21. The number of pyridine rings is 2. The van der Waals surface area contributed by atoms with Crippen molar-refractivity contribution in [1.82, 2.24) is 24.8 Å². The molecule has 2 saturated heterocycles. The van der Waals surface area contributed by atoms with Crippen LogP contribution in [0.1, 0.15) is 43.4 Å². The van der Waals surface area contributed by atoms with Crippen LogP contribution in [0.15, 0.2) is 39.5 Å². The molecule has 2 amide bonds. The van der Waals surface area contributed by atoms with Gasteiger partial charge in [-0.2, -0.15) is 4.98 Å². The van der Waals surface area contributed by atoms with Gasteiger partial charge in [0, 0.05) is 55.7 Å². The Labute approximate surface area is 247 Å². The lowest BCUT2D eigenvalue weighted by Gasteiger charge is -2.24. The highest BCUT2D eigenvalue weighted by molar-refractivity contribution is 6.05. The molecular formula is C29H34N8O6. The maximum atomic E-state index is 13.3. The van der Waals surface area contributed by atoms with Crippen molar-refractivity contribution < 1.29 is 27.9 Å². The molecule has 43 heavy (non-hydrogen) atoms. The number of rotatable bonds is 6. The molecule has 0 radical (unpaired) electrons. The largest absolute Gasteiger partial charge is 0.444 e. The monoisotopic (exact) mass is 590 g/mol. The number of hydrogen-bond donors (Lipinski definition) is 2. The Morgan fingerprint density at radius 2 is 1.91 bits per heavy atom. The summed E-state index contributed by atoms with van der Waals surface area (Å²) < 4.78 is 22.6. The number of nitrogens with one attached hydrogen (secondary N) is 2. The standard InChI is InChI=1S/C29H34N8O6/c1-17-13-18(5-7-30-17)26-33-21(16-41-26)25(38)32-20-14-22-24(35-27(42-22)36-9-11-40-12-10-36)34-23(20)31-19-6-8-37(15-19)28(39)43-29(2,3)4/h5,7,13-14,16,19H,6,8-12,15H2,1-4H3,(H,31,34)(H,32,38). The minimum Gasteiger partial charge on any atom is -0.444 e. The summed E-state index contributed by atoms with van der Waals surface area (Å²) in [6.45, 7) is 10.8. The summed E-state index contributed by atoms with van der Waals surface area (Å²) in [5, 5.41) is 6.29. The zero-order valence-electron chi connectivity index (χ0n) is 24.5. The number of oxazole rings is 2. The Bertz CT molecular complexity index is 1640. The first-order chi connectivity index (χ1) is 20.6. The fraction of sp³-hybridized carbons (Fsp3) is 0.448. The predicted octanol–water partition coefficient (Wildman–Crippen LogP) is 4.09. The maximum Gasteiger partial charge on any atom is 0.410 e. The number of hydrogen-bond acceptors (Lipinski definition) is 12. The van der Waals surface area contributed by atoms with Crippen LogP contribution < -0.4 is 15.5 Å². The van der Waals surface area contributed by atoms with Gasteiger partial charge in [-0.3, -0.25) is 9.78 Å². The van der Waals surface area contributed by atoms with Gasteiger partial charge in [-0.05, 0) is 46.2 Å². The number of nitrogens with zero attached hydrogens (tertiary/aromatic N) is 6. The topological polar surface area (TPSA) is 161 Å². The highest BCUT2D eigenvalue weighted by Crippen LogP contribution is 2.31. The molecule has 0 spiro atoms. The number of fused-ring (bicyclic) bond motifs is 1. The van der Waals surface area contributed by atoms with Crippen LogP contribution in [0.25, 0.3) is 22.7 Å². The quantitative estimate of drug-likeness (QED) is 0.331. The summed E-state index contributed by atoms with van der Waals surface area (Å²) in [5.74, 6) is 0.216. The Morgan fingerprint density at radius 1 is 1.09 bits per heavy atom. The number of carbonyl (C=O) groups excluding carboxylic acids is 2. The number of amides is 2. The molecule has 14 nitrogen and oxygen atoms in total. The first-order valence-electron chi connectivity index (χ1n) is 14.2. The Kier molecular flexibility index (Phi) is 7.61. The molecule has 0 aromatic carbocycles. The van der Waals surface area contributed by atoms with Gasteiger partial charge in [-0.15, -0.1) is 0 Å². The summed E-state index contributed by atoms with van der Waals surface area (Å²) in [7, 11) is 0. The molecule has 0 aliphatic carbocycles. The third-order valence-electron chi connectivity index (χ3n) is 6.96. The molecule has 6 heterocycles. The van der Waals surface area contributed by atoms with Crippen molar-refractivity contribution >= 4 is 40.8 Å². The van der Waals surface area contributed by atoms with Gasteiger partial charge in [-0.25, -0.2) is 14.8 Å². The van der Waals surface area contributed by atoms with Gasteiger partial charge in [0.1, 0.15) is 11.9 Å². The molecular weight excluding hydrogens is 556 g/mol. The summed E-state index contributed by atoms with van der Waals surface area (Å²) in [4.78, 5) is 47.5. The van der Waals surface area contributed by atoms with E-state index in [0.29, 0.717) is 86.0 Å². The Balaban J connectivity index is 1.25. The van der Waals surface area contributed by atoms with E-state index in [1.54, 1.807) is 23.2 Å². The van der Waals surface area contributed by atoms with Crippen LogP contribution in [0.2, 0.25) is 0 Å². The molecule has 4 aromatic rings. The second-order valence-corrected chi connectivity index (χ2v) is 11.5. The fourth-order valence-electron chi connectivity index (χ4n) is 4.89. The lowest BCUT2D eigenvalue weighted by Crippen LogP contribution is -2.36. The van der Waals surface area contributed by atoms with Crippen molar-refractivity contribution in [3.63, 3.8) is 0 Å². The predicted molar refractivity (Wildman–Crippen MR) is 157 cm³/mol. The van der Waals surface area contributed by atoms with E-state index in [9.17, 15) is 9.59 Å². The van der Waals surface area contributed by atoms with E-state index in [0.717, 1.165) is 5.69 Å². The van der Waals surface area contributed by atoms with Gasteiger partial charge in [0.2, 0.25) is 11.5 Å². The van der Waals surface area contributed by atoms with Crippen molar-refractivity contribution in [2.24, 2.45) is 0 Å². The molecule has 0 bridgehead atoms. The van der Waals surface area contributed by atoms with Gasteiger partial charge in [-0.1, -0.05) is 0 Å². The van der Waals surface area contributed by atoms with E-state index in [2.05, 4.69) is 25.6 Å². The number of morpholine rings is 1. The number of anilines is 3.